The summed E-state index contributed by atoms with van der Waals surface area (Å²) in [6, 6.07) is 11.2. The van der Waals surface area contributed by atoms with Crippen LogP contribution in [0.15, 0.2) is 24.3 Å². The van der Waals surface area contributed by atoms with Crippen LogP contribution in [0.1, 0.15) is 69.8 Å². The summed E-state index contributed by atoms with van der Waals surface area (Å²) in [5.41, 5.74) is 1.17. The van der Waals surface area contributed by atoms with Crippen LogP contribution in [0.2, 0.25) is 18.1 Å². The van der Waals surface area contributed by atoms with Gasteiger partial charge in [-0.05, 0) is 61.1 Å². The van der Waals surface area contributed by atoms with Gasteiger partial charge in [0.1, 0.15) is 5.75 Å². The van der Waals surface area contributed by atoms with Crippen LogP contribution in [0.3, 0.4) is 0 Å². The topological polar surface area (TPSA) is 9.23 Å². The van der Waals surface area contributed by atoms with Gasteiger partial charge in [0.2, 0.25) is 0 Å². The molecule has 1 heterocycles. The Bertz CT molecular complexity index is 556. The summed E-state index contributed by atoms with van der Waals surface area (Å²) in [6.45, 7) is 2.30. The number of hydrogen-bond acceptors (Lipinski definition) is 1. The van der Waals surface area contributed by atoms with E-state index in [4.69, 9.17) is 0 Å². The number of rotatable bonds is 6. The molecule has 0 spiro atoms. The largest absolute Gasteiger partial charge is 0.573 e. The number of halogens is 3. The standard InChI is InChI=1S/C22H33F3OSi/c1-2-3-14-27-15-12-20(13-16-27)18-6-4-17(5-7-18)19-8-10-21(11-9-19)26-22(23,24)25/h8-11,17-18,20,27H,2-7,12-16H2,1H3. The second-order valence-corrected chi connectivity index (χ2v) is 12.1. The van der Waals surface area contributed by atoms with Crippen molar-refractivity contribution in [2.24, 2.45) is 11.8 Å². The number of benzene rings is 1. The van der Waals surface area contributed by atoms with Crippen LogP contribution >= 0.6 is 0 Å². The van der Waals surface area contributed by atoms with Crippen LogP contribution in [0.25, 0.3) is 0 Å². The minimum absolute atomic E-state index is 0.121. The zero-order valence-electron chi connectivity index (χ0n) is 16.4. The second-order valence-electron chi connectivity index (χ2n) is 8.65. The molecular weight excluding hydrogens is 365 g/mol. The molecule has 1 saturated carbocycles. The third kappa shape index (κ3) is 6.26. The average molecular weight is 399 g/mol. The highest BCUT2D eigenvalue weighted by atomic mass is 28.3. The molecule has 0 radical (unpaired) electrons. The molecule has 27 heavy (non-hydrogen) atoms. The Morgan fingerprint density at radius 3 is 2.07 bits per heavy atom. The predicted molar refractivity (Wildman–Crippen MR) is 107 cm³/mol. The van der Waals surface area contributed by atoms with Crippen LogP contribution in [0.5, 0.6) is 5.75 Å². The summed E-state index contributed by atoms with van der Waals surface area (Å²) in [5.74, 6) is 2.20. The van der Waals surface area contributed by atoms with Crippen LogP contribution in [0, 0.1) is 11.8 Å². The predicted octanol–water partition coefficient (Wildman–Crippen LogP) is 7.30. The van der Waals surface area contributed by atoms with E-state index in [9.17, 15) is 13.2 Å². The summed E-state index contributed by atoms with van der Waals surface area (Å²) in [7, 11) is -0.410. The SMILES string of the molecule is CCCC[SiH]1CCC(C2CCC(c3ccc(OC(F)(F)F)cc3)CC2)CC1. The van der Waals surface area contributed by atoms with Crippen molar-refractivity contribution in [1.82, 2.24) is 0 Å². The molecule has 1 nitrogen and oxygen atoms in total. The summed E-state index contributed by atoms with van der Waals surface area (Å²) >= 11 is 0. The maximum atomic E-state index is 12.3. The number of alkyl halides is 3. The first kappa shape index (κ1) is 20.8. The van der Waals surface area contributed by atoms with E-state index in [2.05, 4.69) is 11.7 Å². The van der Waals surface area contributed by atoms with Crippen molar-refractivity contribution < 1.29 is 17.9 Å². The molecule has 1 saturated heterocycles. The third-order valence-electron chi connectivity index (χ3n) is 6.88. The van der Waals surface area contributed by atoms with E-state index in [1.165, 1.54) is 69.1 Å². The van der Waals surface area contributed by atoms with E-state index >= 15 is 0 Å². The zero-order valence-corrected chi connectivity index (χ0v) is 17.6. The van der Waals surface area contributed by atoms with Crippen LogP contribution in [0.4, 0.5) is 13.2 Å². The van der Waals surface area contributed by atoms with Gasteiger partial charge in [-0.1, -0.05) is 62.9 Å². The van der Waals surface area contributed by atoms with Crippen molar-refractivity contribution >= 4 is 8.80 Å². The molecule has 3 rings (SSSR count). The van der Waals surface area contributed by atoms with E-state index < -0.39 is 15.2 Å². The Kier molecular flexibility index (Phi) is 7.29. The molecule has 2 fully saturated rings. The summed E-state index contributed by atoms with van der Waals surface area (Å²) in [6.07, 6.45) is 6.06. The Balaban J connectivity index is 1.44. The third-order valence-corrected chi connectivity index (χ3v) is 10.4. The van der Waals surface area contributed by atoms with Crippen molar-refractivity contribution in [2.75, 3.05) is 0 Å². The fraction of sp³-hybridized carbons (Fsp3) is 0.727. The minimum atomic E-state index is -4.61. The lowest BCUT2D eigenvalue weighted by Crippen LogP contribution is -2.28. The van der Waals surface area contributed by atoms with E-state index in [0.29, 0.717) is 5.92 Å². The quantitative estimate of drug-likeness (QED) is 0.457. The first-order valence-electron chi connectivity index (χ1n) is 10.8. The van der Waals surface area contributed by atoms with Gasteiger partial charge in [0.05, 0.1) is 0 Å². The molecule has 0 N–H and O–H groups in total. The van der Waals surface area contributed by atoms with Gasteiger partial charge < -0.3 is 4.74 Å². The van der Waals surface area contributed by atoms with Gasteiger partial charge in [-0.3, -0.25) is 0 Å². The van der Waals surface area contributed by atoms with Gasteiger partial charge in [0, 0.05) is 8.80 Å². The molecule has 5 heteroatoms. The molecule has 0 aromatic heterocycles. The van der Waals surface area contributed by atoms with Crippen molar-refractivity contribution in [3.8, 4) is 5.75 Å². The fourth-order valence-corrected chi connectivity index (χ4v) is 8.96. The molecule has 1 aromatic carbocycles. The number of unbranched alkanes of at least 4 members (excludes halogenated alkanes) is 1. The number of ether oxygens (including phenoxy) is 1. The van der Waals surface area contributed by atoms with E-state index in [1.807, 2.05) is 12.1 Å². The van der Waals surface area contributed by atoms with Gasteiger partial charge in [0.15, 0.2) is 0 Å². The van der Waals surface area contributed by atoms with Gasteiger partial charge in [0.25, 0.3) is 0 Å². The van der Waals surface area contributed by atoms with Crippen molar-refractivity contribution in [1.29, 1.82) is 0 Å². The first-order chi connectivity index (χ1) is 12.9. The second kappa shape index (κ2) is 9.49. The van der Waals surface area contributed by atoms with Gasteiger partial charge in [-0.25, -0.2) is 0 Å². The van der Waals surface area contributed by atoms with Gasteiger partial charge >= 0.3 is 6.36 Å². The molecule has 2 aliphatic rings. The Morgan fingerprint density at radius 1 is 0.926 bits per heavy atom. The molecule has 152 valence electrons. The van der Waals surface area contributed by atoms with Crippen LogP contribution in [-0.4, -0.2) is 15.2 Å². The van der Waals surface area contributed by atoms with Gasteiger partial charge in [-0.15, -0.1) is 13.2 Å². The average Bonchev–Trinajstić information content (AvgIpc) is 2.66. The Labute approximate surface area is 163 Å². The van der Waals surface area contributed by atoms with E-state index in [1.54, 1.807) is 18.1 Å². The molecule has 0 bridgehead atoms. The highest BCUT2D eigenvalue weighted by molar-refractivity contribution is 6.58. The van der Waals surface area contributed by atoms with E-state index in [0.717, 1.165) is 11.8 Å². The molecule has 1 aliphatic heterocycles. The lowest BCUT2D eigenvalue weighted by atomic mass is 9.72. The Hall–Kier alpha value is -0.973. The Morgan fingerprint density at radius 2 is 1.52 bits per heavy atom. The molecular formula is C22H33F3OSi. The van der Waals surface area contributed by atoms with E-state index in [-0.39, 0.29) is 5.75 Å². The molecule has 0 unspecified atom stereocenters. The molecule has 1 aliphatic carbocycles. The van der Waals surface area contributed by atoms with Crippen molar-refractivity contribution in [2.45, 2.75) is 88.7 Å². The maximum Gasteiger partial charge on any atom is 0.573 e. The monoisotopic (exact) mass is 398 g/mol. The zero-order chi connectivity index (χ0) is 19.3. The molecule has 1 aromatic rings. The lowest BCUT2D eigenvalue weighted by molar-refractivity contribution is -0.274. The number of hydrogen-bond donors (Lipinski definition) is 0. The highest BCUT2D eigenvalue weighted by Crippen LogP contribution is 2.43. The van der Waals surface area contributed by atoms with Crippen LogP contribution in [-0.2, 0) is 0 Å². The molecule has 0 atom stereocenters. The first-order valence-corrected chi connectivity index (χ1v) is 13.2. The van der Waals surface area contributed by atoms with Gasteiger partial charge in [-0.2, -0.15) is 0 Å². The summed E-state index contributed by atoms with van der Waals surface area (Å²) in [5, 5.41) is 0. The lowest BCUT2D eigenvalue weighted by Gasteiger charge is -2.37. The maximum absolute atomic E-state index is 12.3. The van der Waals surface area contributed by atoms with Crippen LogP contribution < -0.4 is 4.74 Å². The fourth-order valence-electron chi connectivity index (χ4n) is 5.31. The summed E-state index contributed by atoms with van der Waals surface area (Å²) in [4.78, 5) is 0. The minimum Gasteiger partial charge on any atom is -0.406 e. The normalized spacial score (nSPS) is 29.5. The van der Waals surface area contributed by atoms with Crippen molar-refractivity contribution in [3.05, 3.63) is 29.8 Å². The van der Waals surface area contributed by atoms with Crippen molar-refractivity contribution in [3.63, 3.8) is 0 Å². The highest BCUT2D eigenvalue weighted by Gasteiger charge is 2.32. The smallest absolute Gasteiger partial charge is 0.406 e. The summed E-state index contributed by atoms with van der Waals surface area (Å²) < 4.78 is 40.8. The molecule has 0 amide bonds.